The molecule has 0 aliphatic rings. The van der Waals surface area contributed by atoms with Crippen LogP contribution in [-0.2, 0) is 10.1 Å². The minimum absolute atomic E-state index is 0.0843. The van der Waals surface area contributed by atoms with Crippen molar-refractivity contribution >= 4 is 55.7 Å². The molecule has 0 aliphatic heterocycles. The number of nitrogens with zero attached hydrogens (tertiary/aromatic N) is 3. The third-order valence-electron chi connectivity index (χ3n) is 3.04. The van der Waals surface area contributed by atoms with Gasteiger partial charge in [-0.25, -0.2) is 0 Å². The standard InChI is InChI=1S/C13H8Cl2N4O4S/c14-11-17-12(15)19-13(18-11)16-7-2-1-6-3-8(24(21,22)23)5-10(20)9(6)4-7/h1-5,20H,(H,21,22,23)(H,16,17,18,19). The summed E-state index contributed by atoms with van der Waals surface area (Å²) in [7, 11) is -4.42. The number of fused-ring (bicyclic) bond motifs is 1. The van der Waals surface area contributed by atoms with Gasteiger partial charge in [-0.1, -0.05) is 6.07 Å². The maximum atomic E-state index is 11.2. The molecule has 124 valence electrons. The first-order valence-corrected chi connectivity index (χ1v) is 8.50. The van der Waals surface area contributed by atoms with Crippen molar-refractivity contribution in [3.05, 3.63) is 40.9 Å². The van der Waals surface area contributed by atoms with Gasteiger partial charge in [-0.2, -0.15) is 23.4 Å². The molecule has 0 spiro atoms. The zero-order valence-corrected chi connectivity index (χ0v) is 13.9. The van der Waals surface area contributed by atoms with E-state index in [1.54, 1.807) is 18.2 Å². The molecule has 1 aromatic heterocycles. The van der Waals surface area contributed by atoms with Crippen LogP contribution in [0.15, 0.2) is 35.2 Å². The van der Waals surface area contributed by atoms with Crippen molar-refractivity contribution in [1.82, 2.24) is 15.0 Å². The van der Waals surface area contributed by atoms with Gasteiger partial charge in [0, 0.05) is 17.1 Å². The van der Waals surface area contributed by atoms with E-state index in [2.05, 4.69) is 20.3 Å². The highest BCUT2D eigenvalue weighted by Crippen LogP contribution is 2.31. The van der Waals surface area contributed by atoms with E-state index in [-0.39, 0.29) is 22.3 Å². The highest BCUT2D eigenvalue weighted by atomic mass is 35.5. The van der Waals surface area contributed by atoms with Crippen molar-refractivity contribution in [3.8, 4) is 5.75 Å². The Morgan fingerprint density at radius 3 is 2.29 bits per heavy atom. The van der Waals surface area contributed by atoms with Crippen molar-refractivity contribution < 1.29 is 18.1 Å². The van der Waals surface area contributed by atoms with Crippen LogP contribution in [0.25, 0.3) is 10.8 Å². The quantitative estimate of drug-likeness (QED) is 0.586. The average Bonchev–Trinajstić information content (AvgIpc) is 2.45. The molecule has 0 bridgehead atoms. The molecule has 11 heteroatoms. The molecule has 1 heterocycles. The van der Waals surface area contributed by atoms with E-state index in [9.17, 15) is 13.5 Å². The molecule has 8 nitrogen and oxygen atoms in total. The predicted molar refractivity (Wildman–Crippen MR) is 88.6 cm³/mol. The summed E-state index contributed by atoms with van der Waals surface area (Å²) in [4.78, 5) is 10.9. The van der Waals surface area contributed by atoms with Crippen LogP contribution in [0.2, 0.25) is 10.6 Å². The van der Waals surface area contributed by atoms with Crippen LogP contribution in [0.3, 0.4) is 0 Å². The van der Waals surface area contributed by atoms with Gasteiger partial charge in [0.05, 0.1) is 4.90 Å². The second-order valence-corrected chi connectivity index (χ2v) is 6.77. The van der Waals surface area contributed by atoms with Crippen molar-refractivity contribution in [3.63, 3.8) is 0 Å². The van der Waals surface area contributed by atoms with Gasteiger partial charge in [0.2, 0.25) is 16.5 Å². The van der Waals surface area contributed by atoms with Crippen LogP contribution in [-0.4, -0.2) is 33.0 Å². The first-order chi connectivity index (χ1) is 11.2. The van der Waals surface area contributed by atoms with Gasteiger partial charge in [0.15, 0.2) is 0 Å². The number of phenolic OH excluding ortho intramolecular Hbond substituents is 1. The van der Waals surface area contributed by atoms with Crippen molar-refractivity contribution in [2.75, 3.05) is 5.32 Å². The molecule has 0 amide bonds. The van der Waals surface area contributed by atoms with Crippen LogP contribution in [0, 0.1) is 0 Å². The van der Waals surface area contributed by atoms with Crippen LogP contribution in [0.4, 0.5) is 11.6 Å². The summed E-state index contributed by atoms with van der Waals surface area (Å²) in [5, 5.41) is 13.5. The average molecular weight is 387 g/mol. The highest BCUT2D eigenvalue weighted by molar-refractivity contribution is 7.85. The van der Waals surface area contributed by atoms with E-state index in [0.29, 0.717) is 16.5 Å². The number of nitrogens with one attached hydrogen (secondary N) is 1. The highest BCUT2D eigenvalue weighted by Gasteiger charge is 2.14. The summed E-state index contributed by atoms with van der Waals surface area (Å²) in [6.07, 6.45) is 0. The molecule has 0 saturated carbocycles. The molecule has 0 atom stereocenters. The third kappa shape index (κ3) is 3.49. The Morgan fingerprint density at radius 2 is 1.67 bits per heavy atom. The number of hydrogen-bond donors (Lipinski definition) is 3. The lowest BCUT2D eigenvalue weighted by Crippen LogP contribution is -2.00. The van der Waals surface area contributed by atoms with E-state index >= 15 is 0 Å². The maximum Gasteiger partial charge on any atom is 0.294 e. The predicted octanol–water partition coefficient (Wildman–Crippen LogP) is 3.03. The summed E-state index contributed by atoms with van der Waals surface area (Å²) in [5.74, 6) is -0.205. The fourth-order valence-electron chi connectivity index (χ4n) is 2.05. The van der Waals surface area contributed by atoms with Gasteiger partial charge in [-0.3, -0.25) is 4.55 Å². The normalized spacial score (nSPS) is 11.6. The molecule has 24 heavy (non-hydrogen) atoms. The molecule has 0 unspecified atom stereocenters. The fourth-order valence-corrected chi connectivity index (χ4v) is 2.95. The Bertz CT molecular complexity index is 1040. The lowest BCUT2D eigenvalue weighted by molar-refractivity contribution is 0.471. The molecular formula is C13H8Cl2N4O4S. The third-order valence-corrected chi connectivity index (χ3v) is 4.21. The lowest BCUT2D eigenvalue weighted by Gasteiger charge is -2.08. The Balaban J connectivity index is 2.04. The smallest absolute Gasteiger partial charge is 0.294 e. The molecule has 2 aromatic carbocycles. The van der Waals surface area contributed by atoms with E-state index in [4.69, 9.17) is 27.8 Å². The maximum absolute atomic E-state index is 11.2. The lowest BCUT2D eigenvalue weighted by atomic mass is 10.1. The molecule has 3 N–H and O–H groups in total. The van der Waals surface area contributed by atoms with Gasteiger partial charge in [-0.15, -0.1) is 0 Å². The second-order valence-electron chi connectivity index (χ2n) is 4.68. The minimum atomic E-state index is -4.42. The molecule has 0 fully saturated rings. The van der Waals surface area contributed by atoms with Crippen LogP contribution < -0.4 is 5.32 Å². The second kappa shape index (κ2) is 6.02. The number of hydrogen-bond acceptors (Lipinski definition) is 7. The van der Waals surface area contributed by atoms with E-state index in [1.807, 2.05) is 0 Å². The van der Waals surface area contributed by atoms with Crippen LogP contribution >= 0.6 is 23.2 Å². The van der Waals surface area contributed by atoms with Gasteiger partial charge in [0.25, 0.3) is 10.1 Å². The largest absolute Gasteiger partial charge is 0.507 e. The molecule has 0 aliphatic carbocycles. The summed E-state index contributed by atoms with van der Waals surface area (Å²) < 4.78 is 31.4. The minimum Gasteiger partial charge on any atom is -0.507 e. The van der Waals surface area contributed by atoms with Crippen molar-refractivity contribution in [1.29, 1.82) is 0 Å². The molecular weight excluding hydrogens is 379 g/mol. The first-order valence-electron chi connectivity index (χ1n) is 6.31. The number of phenols is 1. The van der Waals surface area contributed by atoms with Crippen molar-refractivity contribution in [2.45, 2.75) is 4.90 Å². The van der Waals surface area contributed by atoms with Crippen LogP contribution in [0.5, 0.6) is 5.75 Å². The molecule has 0 saturated heterocycles. The Labute approximate surface area is 145 Å². The monoisotopic (exact) mass is 386 g/mol. The number of anilines is 2. The Kier molecular flexibility index (Phi) is 4.18. The van der Waals surface area contributed by atoms with E-state index in [1.165, 1.54) is 6.07 Å². The van der Waals surface area contributed by atoms with E-state index in [0.717, 1.165) is 6.07 Å². The SMILES string of the molecule is O=S(=O)(O)c1cc(O)c2cc(Nc3nc(Cl)nc(Cl)n3)ccc2c1. The van der Waals surface area contributed by atoms with Crippen LogP contribution in [0.1, 0.15) is 0 Å². The fraction of sp³-hybridized carbons (Fsp3) is 0. The number of rotatable bonds is 3. The van der Waals surface area contributed by atoms with Gasteiger partial charge < -0.3 is 10.4 Å². The Morgan fingerprint density at radius 1 is 1.00 bits per heavy atom. The number of aromatic nitrogens is 3. The Hall–Kier alpha value is -2.20. The van der Waals surface area contributed by atoms with E-state index < -0.39 is 15.0 Å². The zero-order valence-electron chi connectivity index (χ0n) is 11.6. The van der Waals surface area contributed by atoms with Gasteiger partial charge in [0.1, 0.15) is 5.75 Å². The van der Waals surface area contributed by atoms with Crippen molar-refractivity contribution in [2.24, 2.45) is 0 Å². The summed E-state index contributed by atoms with van der Waals surface area (Å²) in [6.45, 7) is 0. The molecule has 0 radical (unpaired) electrons. The summed E-state index contributed by atoms with van der Waals surface area (Å²) >= 11 is 11.4. The van der Waals surface area contributed by atoms with Gasteiger partial charge in [-0.05, 0) is 46.8 Å². The number of halogens is 2. The number of benzene rings is 2. The first kappa shape index (κ1) is 16.7. The number of aromatic hydroxyl groups is 1. The molecule has 3 aromatic rings. The summed E-state index contributed by atoms with van der Waals surface area (Å²) in [5.41, 5.74) is 0.496. The topological polar surface area (TPSA) is 125 Å². The zero-order chi connectivity index (χ0) is 17.5. The van der Waals surface area contributed by atoms with Gasteiger partial charge >= 0.3 is 0 Å². The summed E-state index contributed by atoms with van der Waals surface area (Å²) in [6, 6.07) is 6.89. The molecule has 3 rings (SSSR count).